The number of fused-ring (bicyclic) bond motifs is 2. The largest absolute Gasteiger partial charge is 0.495 e. The molecule has 0 amide bonds. The van der Waals surface area contributed by atoms with E-state index in [-0.39, 0.29) is 5.56 Å². The van der Waals surface area contributed by atoms with Crippen LogP contribution in [0.15, 0.2) is 64.2 Å². The van der Waals surface area contributed by atoms with E-state index in [1.165, 1.54) is 4.57 Å². The molecule has 0 N–H and O–H groups in total. The molecule has 2 aromatic rings. The van der Waals surface area contributed by atoms with Gasteiger partial charge in [-0.1, -0.05) is 43.7 Å². The number of hydrogen-bond donors (Lipinski definition) is 0. The van der Waals surface area contributed by atoms with Crippen LogP contribution >= 0.6 is 0 Å². The molecule has 2 aliphatic rings. The van der Waals surface area contributed by atoms with Crippen LogP contribution in [0.5, 0.6) is 5.75 Å². The van der Waals surface area contributed by atoms with Crippen molar-refractivity contribution in [3.63, 3.8) is 0 Å². The number of benzene rings is 2. The summed E-state index contributed by atoms with van der Waals surface area (Å²) in [7, 11) is 1.59. The van der Waals surface area contributed by atoms with Gasteiger partial charge in [0.05, 0.1) is 23.9 Å². The number of hydrogen-bond acceptors (Lipinski definition) is 4. The van der Waals surface area contributed by atoms with Gasteiger partial charge in [0.1, 0.15) is 5.75 Å². The Balaban J connectivity index is 2.15. The molecule has 0 spiro atoms. The summed E-state index contributed by atoms with van der Waals surface area (Å²) >= 11 is 0. The summed E-state index contributed by atoms with van der Waals surface area (Å²) in [6, 6.07) is 17.0. The molecule has 0 radical (unpaired) electrons. The van der Waals surface area contributed by atoms with E-state index in [9.17, 15) is 9.59 Å². The highest BCUT2D eigenvalue weighted by molar-refractivity contribution is 5.87. The highest BCUT2D eigenvalue weighted by Crippen LogP contribution is 2.31. The van der Waals surface area contributed by atoms with E-state index >= 15 is 0 Å². The summed E-state index contributed by atoms with van der Waals surface area (Å²) in [6.07, 6.45) is 1.64. The highest BCUT2D eigenvalue weighted by atomic mass is 16.5. The molecular formula is C22H21N3O3. The maximum Gasteiger partial charge on any atom is 0.352 e. The fraction of sp³-hybridized carbons (Fsp3) is 0.227. The van der Waals surface area contributed by atoms with E-state index in [0.29, 0.717) is 23.7 Å². The van der Waals surface area contributed by atoms with Crippen LogP contribution in [0, 0.1) is 0 Å². The van der Waals surface area contributed by atoms with Crippen molar-refractivity contribution < 1.29 is 4.74 Å². The summed E-state index contributed by atoms with van der Waals surface area (Å²) in [4.78, 5) is 30.1. The molecule has 0 fully saturated rings. The van der Waals surface area contributed by atoms with Crippen LogP contribution < -0.4 is 16.0 Å². The second-order valence-electron chi connectivity index (χ2n) is 6.65. The molecule has 6 nitrogen and oxygen atoms in total. The summed E-state index contributed by atoms with van der Waals surface area (Å²) < 4.78 is 8.58. The van der Waals surface area contributed by atoms with Crippen molar-refractivity contribution in [2.45, 2.75) is 26.3 Å². The standard InChI is InChI=1S/C22H21N3O3/c1-3-4-13-24-21(26)16-14-15-9-5-6-10-17(15)25(20(16)23-22(24)27)18-11-7-8-12-19(18)28-2/h5-12,14H,3-4,13H2,1-2H3. The van der Waals surface area contributed by atoms with E-state index in [1.54, 1.807) is 7.11 Å². The first-order valence-electron chi connectivity index (χ1n) is 9.34. The molecule has 28 heavy (non-hydrogen) atoms. The minimum absolute atomic E-state index is 0.308. The Bertz CT molecular complexity index is 1240. The highest BCUT2D eigenvalue weighted by Gasteiger charge is 2.21. The fourth-order valence-electron chi connectivity index (χ4n) is 3.49. The normalized spacial score (nSPS) is 11.2. The molecular weight excluding hydrogens is 354 g/mol. The topological polar surface area (TPSA) is 66.1 Å². The van der Waals surface area contributed by atoms with Crippen LogP contribution in [0.2, 0.25) is 0 Å². The SMILES string of the molecule is CCCCn1c(=O)nc2n(-c3ccccc3OC)c3ccccc3cc-2c1=O. The fourth-order valence-corrected chi connectivity index (χ4v) is 3.49. The average molecular weight is 375 g/mol. The van der Waals surface area contributed by atoms with Gasteiger partial charge < -0.3 is 4.74 Å². The number of nitrogens with zero attached hydrogens (tertiary/aromatic N) is 3. The minimum Gasteiger partial charge on any atom is -0.495 e. The number of unbranched alkanes of at least 4 members (excludes halogenated alkanes) is 1. The van der Waals surface area contributed by atoms with Crippen LogP contribution in [0.4, 0.5) is 0 Å². The van der Waals surface area contributed by atoms with Gasteiger partial charge in [-0.25, -0.2) is 4.79 Å². The minimum atomic E-state index is -0.523. The molecule has 0 saturated heterocycles. The van der Waals surface area contributed by atoms with Gasteiger partial charge >= 0.3 is 5.69 Å². The average Bonchev–Trinajstić information content (AvgIpc) is 2.72. The van der Waals surface area contributed by atoms with Crippen molar-refractivity contribution >= 4 is 10.9 Å². The second kappa shape index (κ2) is 7.31. The van der Waals surface area contributed by atoms with Crippen LogP contribution in [0.3, 0.4) is 0 Å². The maximum absolute atomic E-state index is 13.1. The molecule has 0 aromatic heterocycles. The number of para-hydroxylation sites is 3. The summed E-state index contributed by atoms with van der Waals surface area (Å²) in [5, 5.41) is 0.889. The monoisotopic (exact) mass is 375 g/mol. The van der Waals surface area contributed by atoms with E-state index in [1.807, 2.05) is 66.1 Å². The molecule has 0 aliphatic carbocycles. The van der Waals surface area contributed by atoms with Crippen molar-refractivity contribution in [3.8, 4) is 22.8 Å². The lowest BCUT2D eigenvalue weighted by Gasteiger charge is -2.20. The third kappa shape index (κ3) is 2.87. The first-order valence-corrected chi connectivity index (χ1v) is 9.34. The van der Waals surface area contributed by atoms with E-state index in [4.69, 9.17) is 4.74 Å². The molecule has 142 valence electrons. The van der Waals surface area contributed by atoms with Crippen molar-refractivity contribution in [1.82, 2.24) is 14.1 Å². The van der Waals surface area contributed by atoms with Crippen LogP contribution in [-0.4, -0.2) is 21.2 Å². The quantitative estimate of drug-likeness (QED) is 0.501. The number of pyridine rings is 1. The summed E-state index contributed by atoms with van der Waals surface area (Å²) in [5.41, 5.74) is 1.16. The first-order chi connectivity index (χ1) is 13.7. The van der Waals surface area contributed by atoms with Crippen LogP contribution in [-0.2, 0) is 6.54 Å². The van der Waals surface area contributed by atoms with Gasteiger partial charge in [0.15, 0.2) is 5.82 Å². The Morgan fingerprint density at radius 1 is 1.04 bits per heavy atom. The molecule has 0 bridgehead atoms. The zero-order chi connectivity index (χ0) is 19.7. The molecule has 6 heteroatoms. The van der Waals surface area contributed by atoms with Crippen LogP contribution in [0.25, 0.3) is 28.0 Å². The van der Waals surface area contributed by atoms with Gasteiger partial charge in [0.2, 0.25) is 0 Å². The van der Waals surface area contributed by atoms with Crippen molar-refractivity contribution in [1.29, 1.82) is 0 Å². The van der Waals surface area contributed by atoms with Gasteiger partial charge in [0, 0.05) is 6.54 Å². The lowest BCUT2D eigenvalue weighted by atomic mass is 10.1. The lowest BCUT2D eigenvalue weighted by molar-refractivity contribution is 0.413. The van der Waals surface area contributed by atoms with Gasteiger partial charge in [-0.05, 0) is 36.1 Å². The lowest BCUT2D eigenvalue weighted by Crippen LogP contribution is -2.38. The molecule has 2 aromatic carbocycles. The number of aromatic nitrogens is 3. The van der Waals surface area contributed by atoms with Crippen molar-refractivity contribution in [2.24, 2.45) is 0 Å². The molecule has 0 unspecified atom stereocenters. The van der Waals surface area contributed by atoms with E-state index in [0.717, 1.165) is 29.4 Å². The summed E-state index contributed by atoms with van der Waals surface area (Å²) in [5.74, 6) is 0.973. The third-order valence-electron chi connectivity index (χ3n) is 4.90. The third-order valence-corrected chi connectivity index (χ3v) is 4.90. The smallest absolute Gasteiger partial charge is 0.352 e. The Morgan fingerprint density at radius 2 is 1.79 bits per heavy atom. The molecule has 0 atom stereocenters. The van der Waals surface area contributed by atoms with Gasteiger partial charge in [-0.3, -0.25) is 13.9 Å². The van der Waals surface area contributed by atoms with Crippen LogP contribution in [0.1, 0.15) is 19.8 Å². The maximum atomic E-state index is 13.1. The van der Waals surface area contributed by atoms with Crippen molar-refractivity contribution in [3.05, 3.63) is 75.4 Å². The predicted octanol–water partition coefficient (Wildman–Crippen LogP) is 3.46. The molecule has 4 rings (SSSR count). The van der Waals surface area contributed by atoms with Crippen molar-refractivity contribution in [2.75, 3.05) is 7.11 Å². The zero-order valence-corrected chi connectivity index (χ0v) is 15.9. The molecule has 2 aliphatic heterocycles. The van der Waals surface area contributed by atoms with Gasteiger partial charge in [0.25, 0.3) is 5.56 Å². The Morgan fingerprint density at radius 3 is 2.57 bits per heavy atom. The van der Waals surface area contributed by atoms with E-state index < -0.39 is 5.69 Å². The zero-order valence-electron chi connectivity index (χ0n) is 15.9. The molecule has 0 saturated carbocycles. The number of rotatable bonds is 5. The van der Waals surface area contributed by atoms with Gasteiger partial charge in [-0.15, -0.1) is 0 Å². The Hall–Kier alpha value is -3.41. The first kappa shape index (κ1) is 18.0. The second-order valence-corrected chi connectivity index (χ2v) is 6.65. The van der Waals surface area contributed by atoms with E-state index in [2.05, 4.69) is 4.98 Å². The Labute approximate surface area is 162 Å². The van der Waals surface area contributed by atoms with Gasteiger partial charge in [-0.2, -0.15) is 4.98 Å². The summed E-state index contributed by atoms with van der Waals surface area (Å²) in [6.45, 7) is 2.39. The Kier molecular flexibility index (Phi) is 4.69. The predicted molar refractivity (Wildman–Crippen MR) is 110 cm³/mol. The number of methoxy groups -OCH3 is 1. The molecule has 2 heterocycles. The number of ether oxygens (including phenoxy) is 1.